The largest absolute Gasteiger partial charge is 0.872 e. The highest BCUT2D eigenvalue weighted by atomic mass is 16.6. The van der Waals surface area contributed by atoms with Gasteiger partial charge in [-0.25, -0.2) is 4.57 Å². The average molecular weight is 489 g/mol. The molecule has 1 saturated heterocycles. The lowest BCUT2D eigenvalue weighted by Crippen LogP contribution is -2.36. The van der Waals surface area contributed by atoms with Gasteiger partial charge in [-0.3, -0.25) is 24.7 Å². The third-order valence-electron chi connectivity index (χ3n) is 6.50. The molecule has 10 heteroatoms. The van der Waals surface area contributed by atoms with E-state index in [0.29, 0.717) is 30.7 Å². The summed E-state index contributed by atoms with van der Waals surface area (Å²) in [4.78, 5) is 41.5. The van der Waals surface area contributed by atoms with Crippen molar-refractivity contribution in [3.8, 4) is 5.75 Å². The Balaban J connectivity index is 1.56. The van der Waals surface area contributed by atoms with Crippen molar-refractivity contribution in [2.75, 3.05) is 6.54 Å². The van der Waals surface area contributed by atoms with Gasteiger partial charge in [0, 0.05) is 37.1 Å². The summed E-state index contributed by atoms with van der Waals surface area (Å²) in [5.74, 6) is -1.53. The number of aryl methyl sites for hydroxylation is 1. The van der Waals surface area contributed by atoms with Gasteiger partial charge in [0.2, 0.25) is 12.1 Å². The van der Waals surface area contributed by atoms with Crippen LogP contribution >= 0.6 is 0 Å². The van der Waals surface area contributed by atoms with Gasteiger partial charge in [0.15, 0.2) is 0 Å². The number of fused-ring (bicyclic) bond motifs is 1. The number of aromatic nitrogens is 2. The summed E-state index contributed by atoms with van der Waals surface area (Å²) < 4.78 is 7.60. The summed E-state index contributed by atoms with van der Waals surface area (Å²) >= 11 is 0. The number of amides is 1. The van der Waals surface area contributed by atoms with E-state index in [0.717, 1.165) is 5.56 Å². The van der Waals surface area contributed by atoms with Crippen LogP contribution in [0.4, 0.5) is 5.69 Å². The molecular formula is C26H24N4O6. The lowest BCUT2D eigenvalue weighted by Gasteiger charge is -2.27. The number of nitro benzene ring substituents is 1. The number of carbonyl (C=O) groups is 2. The Kier molecular flexibility index (Phi) is 6.01. The van der Waals surface area contributed by atoms with Crippen molar-refractivity contribution >= 4 is 23.1 Å². The van der Waals surface area contributed by atoms with E-state index >= 15 is 0 Å². The molecule has 0 radical (unpaired) electrons. The molecule has 3 heterocycles. The van der Waals surface area contributed by atoms with Gasteiger partial charge >= 0.3 is 0 Å². The van der Waals surface area contributed by atoms with Crippen molar-refractivity contribution in [2.24, 2.45) is 0 Å². The van der Waals surface area contributed by atoms with E-state index in [2.05, 4.69) is 4.98 Å². The monoisotopic (exact) mass is 488 g/mol. The maximum absolute atomic E-state index is 13.7. The molecular weight excluding hydrogens is 464 g/mol. The molecule has 0 aliphatic carbocycles. The predicted molar refractivity (Wildman–Crippen MR) is 125 cm³/mol. The zero-order valence-corrected chi connectivity index (χ0v) is 19.5. The number of non-ortho nitro benzene ring substituents is 1. The lowest BCUT2D eigenvalue weighted by molar-refractivity contribution is -0.695. The van der Waals surface area contributed by atoms with Crippen molar-refractivity contribution in [3.05, 3.63) is 93.6 Å². The summed E-state index contributed by atoms with van der Waals surface area (Å²) in [6, 6.07) is 9.70. The standard InChI is InChI=1S/C26H24N4O6/c1-16-12-19-13-18(6-7-21(19)36-16)24(31)22-23(17-4-2-5-20(14-17)30(34)35)29(26(33)25(22)32)10-3-9-28-11-8-27-15-28/h2,4-8,11,13-16,23H,3,9-10,12H2,1H3,(H,31,32). The number of aromatic amines is 1. The van der Waals surface area contributed by atoms with Gasteiger partial charge < -0.3 is 14.7 Å². The number of hydrogen-bond acceptors (Lipinski definition) is 6. The molecule has 5 rings (SSSR count). The Morgan fingerprint density at radius 1 is 1.25 bits per heavy atom. The number of H-pyrrole nitrogens is 1. The Hall–Kier alpha value is -4.47. The minimum Gasteiger partial charge on any atom is -0.872 e. The number of ketones is 1. The van der Waals surface area contributed by atoms with E-state index in [-0.39, 0.29) is 29.5 Å². The van der Waals surface area contributed by atoms with Crippen molar-refractivity contribution in [1.29, 1.82) is 0 Å². The quantitative estimate of drug-likeness (QED) is 0.135. The fourth-order valence-corrected chi connectivity index (χ4v) is 4.86. The molecule has 184 valence electrons. The second kappa shape index (κ2) is 9.29. The van der Waals surface area contributed by atoms with Crippen LogP contribution in [0.5, 0.6) is 5.75 Å². The third-order valence-corrected chi connectivity index (χ3v) is 6.50. The summed E-state index contributed by atoms with van der Waals surface area (Å²) in [6.45, 7) is 2.70. The number of imidazole rings is 1. The number of hydrogen-bond donors (Lipinski definition) is 1. The van der Waals surface area contributed by atoms with Gasteiger partial charge in [0.25, 0.3) is 11.6 Å². The van der Waals surface area contributed by atoms with Gasteiger partial charge in [0.05, 0.1) is 17.5 Å². The SMILES string of the molecule is CC1Cc2cc(C([O-])=C3C(=O)C(=O)N(CCC[n+]4cc[nH]c4)C3c3cccc([N+](=O)[O-])c3)ccc2O1. The Morgan fingerprint density at radius 3 is 2.83 bits per heavy atom. The molecule has 3 aromatic rings. The number of Topliss-reactive ketones (excluding diaryl/α,β-unsaturated/α-hetero) is 1. The van der Waals surface area contributed by atoms with E-state index in [1.807, 2.05) is 17.7 Å². The van der Waals surface area contributed by atoms with Crippen molar-refractivity contribution in [3.63, 3.8) is 0 Å². The molecule has 2 aromatic carbocycles. The number of ether oxygens (including phenoxy) is 1. The van der Waals surface area contributed by atoms with Crippen LogP contribution in [-0.4, -0.2) is 39.1 Å². The summed E-state index contributed by atoms with van der Waals surface area (Å²) in [5, 5.41) is 25.1. The highest BCUT2D eigenvalue weighted by Gasteiger charge is 2.44. The second-order valence-corrected chi connectivity index (χ2v) is 8.98. The molecule has 1 aromatic heterocycles. The van der Waals surface area contributed by atoms with E-state index in [9.17, 15) is 24.8 Å². The lowest BCUT2D eigenvalue weighted by atomic mass is 9.94. The molecule has 2 atom stereocenters. The number of rotatable bonds is 7. The Morgan fingerprint density at radius 2 is 2.08 bits per heavy atom. The highest BCUT2D eigenvalue weighted by Crippen LogP contribution is 2.40. The van der Waals surface area contributed by atoms with Crippen LogP contribution in [-0.2, 0) is 22.6 Å². The maximum atomic E-state index is 13.7. The van der Waals surface area contributed by atoms with Gasteiger partial charge in [-0.2, -0.15) is 0 Å². The molecule has 1 amide bonds. The molecule has 2 unspecified atom stereocenters. The fourth-order valence-electron chi connectivity index (χ4n) is 4.86. The van der Waals surface area contributed by atoms with Crippen LogP contribution in [0.2, 0.25) is 0 Å². The first-order chi connectivity index (χ1) is 17.3. The molecule has 1 N–H and O–H groups in total. The number of nitrogens with zero attached hydrogens (tertiary/aromatic N) is 3. The zero-order valence-electron chi connectivity index (χ0n) is 19.5. The van der Waals surface area contributed by atoms with Crippen molar-refractivity contribution in [2.45, 2.75) is 38.5 Å². The molecule has 10 nitrogen and oxygen atoms in total. The molecule has 2 aliphatic heterocycles. The topological polar surface area (TPSA) is 132 Å². The zero-order chi connectivity index (χ0) is 25.4. The van der Waals surface area contributed by atoms with Gasteiger partial charge in [-0.15, -0.1) is 0 Å². The van der Waals surface area contributed by atoms with Crippen LogP contribution in [0.25, 0.3) is 5.76 Å². The normalized spacial score (nSPS) is 20.4. The maximum Gasteiger partial charge on any atom is 0.295 e. The van der Waals surface area contributed by atoms with E-state index in [4.69, 9.17) is 4.74 Å². The van der Waals surface area contributed by atoms with E-state index < -0.39 is 28.4 Å². The fraction of sp³-hybridized carbons (Fsp3) is 0.269. The van der Waals surface area contributed by atoms with Gasteiger partial charge in [0.1, 0.15) is 24.2 Å². The number of nitrogens with one attached hydrogen (secondary N) is 1. The number of likely N-dealkylation sites (tertiary alicyclic amines) is 1. The van der Waals surface area contributed by atoms with Crippen molar-refractivity contribution < 1.29 is 28.9 Å². The molecule has 0 bridgehead atoms. The number of nitro groups is 1. The smallest absolute Gasteiger partial charge is 0.295 e. The molecule has 36 heavy (non-hydrogen) atoms. The summed E-state index contributed by atoms with van der Waals surface area (Å²) in [7, 11) is 0. The van der Waals surface area contributed by atoms with Crippen molar-refractivity contribution in [1.82, 2.24) is 9.88 Å². The molecule has 0 spiro atoms. The van der Waals surface area contributed by atoms with Crippen LogP contribution in [0, 0.1) is 10.1 Å². The first-order valence-electron chi connectivity index (χ1n) is 11.7. The Labute approximate surface area is 206 Å². The second-order valence-electron chi connectivity index (χ2n) is 8.98. The third kappa shape index (κ3) is 4.21. The minimum absolute atomic E-state index is 0.0151. The molecule has 1 fully saturated rings. The number of benzene rings is 2. The number of carbonyl (C=O) groups excluding carboxylic acids is 2. The van der Waals surface area contributed by atoms with Crippen LogP contribution in [0.3, 0.4) is 0 Å². The predicted octanol–water partition coefficient (Wildman–Crippen LogP) is 1.85. The molecule has 2 aliphatic rings. The summed E-state index contributed by atoms with van der Waals surface area (Å²) in [5.41, 5.74) is 1.11. The highest BCUT2D eigenvalue weighted by molar-refractivity contribution is 6.46. The van der Waals surface area contributed by atoms with E-state index in [1.165, 1.54) is 23.1 Å². The first-order valence-corrected chi connectivity index (χ1v) is 11.7. The van der Waals surface area contributed by atoms with Crippen LogP contribution in [0.1, 0.15) is 36.1 Å². The first kappa shape index (κ1) is 23.3. The van der Waals surface area contributed by atoms with Gasteiger partial charge in [-0.05, 0) is 35.7 Å². The summed E-state index contributed by atoms with van der Waals surface area (Å²) in [6.07, 6.45) is 6.52. The minimum atomic E-state index is -1.02. The molecule has 0 saturated carbocycles. The van der Waals surface area contributed by atoms with Gasteiger partial charge in [-0.1, -0.05) is 24.0 Å². The van der Waals surface area contributed by atoms with Crippen LogP contribution < -0.4 is 14.4 Å². The van der Waals surface area contributed by atoms with Crippen LogP contribution in [0.15, 0.2) is 66.8 Å². The van der Waals surface area contributed by atoms with E-state index in [1.54, 1.807) is 36.8 Å². The average Bonchev–Trinajstić information content (AvgIpc) is 3.57. The Bertz CT molecular complexity index is 1380.